The number of carbonyl (C=O) groups excluding carboxylic acids is 1. The zero-order chi connectivity index (χ0) is 18.0. The van der Waals surface area contributed by atoms with Gasteiger partial charge in [-0.1, -0.05) is 18.2 Å². The molecule has 0 spiro atoms. The van der Waals surface area contributed by atoms with Gasteiger partial charge in [-0.2, -0.15) is 0 Å². The number of hydrogen-bond acceptors (Lipinski definition) is 5. The number of nitrogens with zero attached hydrogens (tertiary/aromatic N) is 2. The monoisotopic (exact) mass is 363 g/mol. The second-order valence-electron chi connectivity index (χ2n) is 5.74. The van der Waals surface area contributed by atoms with E-state index in [4.69, 9.17) is 5.11 Å². The molecule has 0 saturated carbocycles. The van der Waals surface area contributed by atoms with Gasteiger partial charge in [0.25, 0.3) is 0 Å². The molecule has 2 heterocycles. The van der Waals surface area contributed by atoms with Crippen LogP contribution in [0.5, 0.6) is 0 Å². The summed E-state index contributed by atoms with van der Waals surface area (Å²) in [7, 11) is -3.96. The maximum absolute atomic E-state index is 12.5. The number of carboxylic acids is 1. The molecule has 8 nitrogen and oxygen atoms in total. The van der Waals surface area contributed by atoms with E-state index in [2.05, 4.69) is 9.71 Å². The molecular formula is C16H17N3O5S. The van der Waals surface area contributed by atoms with Gasteiger partial charge < -0.3 is 10.0 Å². The van der Waals surface area contributed by atoms with Gasteiger partial charge in [0.05, 0.1) is 12.1 Å². The van der Waals surface area contributed by atoms with Crippen molar-refractivity contribution in [3.05, 3.63) is 36.5 Å². The first-order valence-electron chi connectivity index (χ1n) is 7.76. The van der Waals surface area contributed by atoms with Crippen molar-refractivity contribution in [1.29, 1.82) is 0 Å². The molecular weight excluding hydrogens is 346 g/mol. The molecule has 1 aliphatic heterocycles. The van der Waals surface area contributed by atoms with E-state index in [1.165, 1.54) is 17.2 Å². The SMILES string of the molecule is O=C(O)[C@@H]1CCCN1C(=O)CNS(=O)(=O)c1cccc2cccnc12. The number of sulfonamides is 1. The van der Waals surface area contributed by atoms with Gasteiger partial charge in [0.1, 0.15) is 10.9 Å². The zero-order valence-electron chi connectivity index (χ0n) is 13.3. The minimum absolute atomic E-state index is 0.0189. The standard InChI is InChI=1S/C16H17N3O5S/c20-14(19-9-3-6-12(19)16(21)22)10-18-25(23,24)13-7-1-4-11-5-2-8-17-15(11)13/h1-2,4-5,7-8,12,18H,3,6,9-10H2,(H,21,22)/t12-/m0/s1. The first-order valence-corrected chi connectivity index (χ1v) is 9.24. The Morgan fingerprint density at radius 1 is 1.28 bits per heavy atom. The van der Waals surface area contributed by atoms with Crippen LogP contribution in [0.2, 0.25) is 0 Å². The van der Waals surface area contributed by atoms with Gasteiger partial charge in [-0.25, -0.2) is 17.9 Å². The Hall–Kier alpha value is -2.52. The Bertz CT molecular complexity index is 923. The van der Waals surface area contributed by atoms with Crippen molar-refractivity contribution < 1.29 is 23.1 Å². The second kappa shape index (κ2) is 6.77. The number of pyridine rings is 1. The molecule has 1 atom stereocenters. The van der Waals surface area contributed by atoms with Gasteiger partial charge in [0.15, 0.2) is 0 Å². The van der Waals surface area contributed by atoms with E-state index >= 15 is 0 Å². The number of carboxylic acid groups (broad SMARTS) is 1. The highest BCUT2D eigenvalue weighted by Gasteiger charge is 2.34. The quantitative estimate of drug-likeness (QED) is 0.803. The fourth-order valence-electron chi connectivity index (χ4n) is 2.95. The minimum atomic E-state index is -3.96. The average molecular weight is 363 g/mol. The van der Waals surface area contributed by atoms with Gasteiger partial charge in [-0.15, -0.1) is 0 Å². The van der Waals surface area contributed by atoms with Crippen molar-refractivity contribution >= 4 is 32.8 Å². The third-order valence-electron chi connectivity index (χ3n) is 4.16. The lowest BCUT2D eigenvalue weighted by Crippen LogP contribution is -2.45. The maximum atomic E-state index is 12.5. The number of rotatable bonds is 5. The molecule has 1 aromatic carbocycles. The Balaban J connectivity index is 1.78. The molecule has 0 bridgehead atoms. The highest BCUT2D eigenvalue weighted by molar-refractivity contribution is 7.89. The van der Waals surface area contributed by atoms with E-state index in [1.54, 1.807) is 24.3 Å². The van der Waals surface area contributed by atoms with E-state index in [-0.39, 0.29) is 4.90 Å². The number of aliphatic carboxylic acids is 1. The number of amides is 1. The van der Waals surface area contributed by atoms with Crippen molar-refractivity contribution in [3.8, 4) is 0 Å². The molecule has 1 saturated heterocycles. The van der Waals surface area contributed by atoms with Crippen molar-refractivity contribution in [2.75, 3.05) is 13.1 Å². The molecule has 1 aromatic heterocycles. The van der Waals surface area contributed by atoms with Crippen LogP contribution in [0.15, 0.2) is 41.4 Å². The van der Waals surface area contributed by atoms with Gasteiger partial charge in [-0.05, 0) is 25.0 Å². The molecule has 2 N–H and O–H groups in total. The van der Waals surface area contributed by atoms with Crippen LogP contribution in [-0.4, -0.2) is 54.4 Å². The second-order valence-corrected chi connectivity index (χ2v) is 7.47. The van der Waals surface area contributed by atoms with Crippen molar-refractivity contribution in [1.82, 2.24) is 14.6 Å². The largest absolute Gasteiger partial charge is 0.480 e. The predicted molar refractivity (Wildman–Crippen MR) is 89.3 cm³/mol. The van der Waals surface area contributed by atoms with Crippen molar-refractivity contribution in [2.45, 2.75) is 23.8 Å². The number of nitrogens with one attached hydrogen (secondary N) is 1. The fraction of sp³-hybridized carbons (Fsp3) is 0.312. The lowest BCUT2D eigenvalue weighted by molar-refractivity contribution is -0.147. The third kappa shape index (κ3) is 3.47. The number of para-hydroxylation sites is 1. The lowest BCUT2D eigenvalue weighted by atomic mass is 10.2. The molecule has 9 heteroatoms. The molecule has 132 valence electrons. The summed E-state index contributed by atoms with van der Waals surface area (Å²) in [6.07, 6.45) is 2.46. The van der Waals surface area contributed by atoms with Crippen LogP contribution in [0, 0.1) is 0 Å². The van der Waals surface area contributed by atoms with Gasteiger partial charge >= 0.3 is 5.97 Å². The summed E-state index contributed by atoms with van der Waals surface area (Å²) < 4.78 is 27.3. The summed E-state index contributed by atoms with van der Waals surface area (Å²) in [5.74, 6) is -1.63. The Labute approximate surface area is 144 Å². The molecule has 3 rings (SSSR count). The molecule has 1 amide bonds. The fourth-order valence-corrected chi connectivity index (χ4v) is 4.10. The average Bonchev–Trinajstić information content (AvgIpc) is 3.09. The van der Waals surface area contributed by atoms with Gasteiger partial charge in [0.2, 0.25) is 15.9 Å². The Morgan fingerprint density at radius 3 is 2.80 bits per heavy atom. The van der Waals surface area contributed by atoms with E-state index < -0.39 is 34.5 Å². The zero-order valence-corrected chi connectivity index (χ0v) is 14.1. The number of hydrogen-bond donors (Lipinski definition) is 2. The topological polar surface area (TPSA) is 117 Å². The van der Waals surface area contributed by atoms with Crippen LogP contribution in [0.25, 0.3) is 10.9 Å². The number of benzene rings is 1. The summed E-state index contributed by atoms with van der Waals surface area (Å²) in [5.41, 5.74) is 0.314. The Kier molecular flexibility index (Phi) is 4.69. The van der Waals surface area contributed by atoms with E-state index in [9.17, 15) is 18.0 Å². The third-order valence-corrected chi connectivity index (χ3v) is 5.59. The first-order chi connectivity index (χ1) is 11.9. The predicted octanol–water partition coefficient (Wildman–Crippen LogP) is 0.589. The maximum Gasteiger partial charge on any atom is 0.326 e. The van der Waals surface area contributed by atoms with Crippen LogP contribution < -0.4 is 4.72 Å². The van der Waals surface area contributed by atoms with Crippen LogP contribution in [0.4, 0.5) is 0 Å². The summed E-state index contributed by atoms with van der Waals surface area (Å²) >= 11 is 0. The van der Waals surface area contributed by atoms with Crippen LogP contribution in [-0.2, 0) is 19.6 Å². The lowest BCUT2D eigenvalue weighted by Gasteiger charge is -2.21. The van der Waals surface area contributed by atoms with Gasteiger partial charge in [0, 0.05) is 18.1 Å². The van der Waals surface area contributed by atoms with E-state index in [1.807, 2.05) is 0 Å². The molecule has 0 aliphatic carbocycles. The molecule has 0 unspecified atom stereocenters. The van der Waals surface area contributed by atoms with Crippen LogP contribution in [0.3, 0.4) is 0 Å². The number of fused-ring (bicyclic) bond motifs is 1. The van der Waals surface area contributed by atoms with E-state index in [0.29, 0.717) is 30.3 Å². The van der Waals surface area contributed by atoms with Crippen LogP contribution in [0.1, 0.15) is 12.8 Å². The summed E-state index contributed by atoms with van der Waals surface area (Å²) in [4.78, 5) is 28.6. The highest BCUT2D eigenvalue weighted by Crippen LogP contribution is 2.21. The minimum Gasteiger partial charge on any atom is -0.480 e. The normalized spacial score (nSPS) is 17.8. The number of aromatic nitrogens is 1. The number of carbonyl (C=O) groups is 2. The summed E-state index contributed by atoms with van der Waals surface area (Å²) in [6.45, 7) is -0.178. The summed E-state index contributed by atoms with van der Waals surface area (Å²) in [6, 6.07) is 7.31. The smallest absolute Gasteiger partial charge is 0.326 e. The van der Waals surface area contributed by atoms with E-state index in [0.717, 1.165) is 0 Å². The van der Waals surface area contributed by atoms with Crippen molar-refractivity contribution in [2.24, 2.45) is 0 Å². The first kappa shape index (κ1) is 17.3. The van der Waals surface area contributed by atoms with Crippen molar-refractivity contribution in [3.63, 3.8) is 0 Å². The molecule has 0 radical (unpaired) electrons. The number of likely N-dealkylation sites (tertiary alicyclic amines) is 1. The molecule has 1 fully saturated rings. The molecule has 2 aromatic rings. The highest BCUT2D eigenvalue weighted by atomic mass is 32.2. The molecule has 25 heavy (non-hydrogen) atoms. The molecule has 1 aliphatic rings. The van der Waals surface area contributed by atoms with Gasteiger partial charge in [-0.3, -0.25) is 9.78 Å². The summed E-state index contributed by atoms with van der Waals surface area (Å²) in [5, 5.41) is 9.78. The van der Waals surface area contributed by atoms with Crippen LogP contribution >= 0.6 is 0 Å². The Morgan fingerprint density at radius 2 is 2.04 bits per heavy atom.